The Morgan fingerprint density at radius 1 is 1.33 bits per heavy atom. The third-order valence-corrected chi connectivity index (χ3v) is 7.59. The summed E-state index contributed by atoms with van der Waals surface area (Å²) in [6, 6.07) is 8.00. The van der Waals surface area contributed by atoms with E-state index in [2.05, 4.69) is 23.3 Å². The number of rotatable bonds is 3. The summed E-state index contributed by atoms with van der Waals surface area (Å²) >= 11 is 4.96. The number of thiazole rings is 1. The predicted molar refractivity (Wildman–Crippen MR) is 105 cm³/mol. The Morgan fingerprint density at radius 2 is 2.21 bits per heavy atom. The second kappa shape index (κ2) is 6.50. The van der Waals surface area contributed by atoms with Gasteiger partial charge in [0.05, 0.1) is 15.1 Å². The van der Waals surface area contributed by atoms with Crippen LogP contribution >= 0.6 is 34.4 Å². The van der Waals surface area contributed by atoms with Gasteiger partial charge in [0, 0.05) is 10.6 Å². The number of hydrogen-bond donors (Lipinski definition) is 1. The zero-order chi connectivity index (χ0) is 16.7. The first-order chi connectivity index (χ1) is 11.6. The maximum Gasteiger partial charge on any atom is 0.265 e. The second-order valence-corrected chi connectivity index (χ2v) is 9.45. The van der Waals surface area contributed by atoms with Gasteiger partial charge in [0.2, 0.25) is 0 Å². The van der Waals surface area contributed by atoms with E-state index in [1.807, 2.05) is 24.5 Å². The molecule has 3 nitrogen and oxygen atoms in total. The van der Waals surface area contributed by atoms with Crippen molar-refractivity contribution >= 4 is 56.2 Å². The fraction of sp³-hybridized carbons (Fsp3) is 0.333. The van der Waals surface area contributed by atoms with Gasteiger partial charge in [0.15, 0.2) is 4.34 Å². The molecule has 0 spiro atoms. The minimum absolute atomic E-state index is 0.00370. The van der Waals surface area contributed by atoms with Crippen LogP contribution in [0.15, 0.2) is 28.6 Å². The van der Waals surface area contributed by atoms with Gasteiger partial charge in [-0.1, -0.05) is 18.7 Å². The van der Waals surface area contributed by atoms with Crippen LogP contribution in [0.3, 0.4) is 0 Å². The Morgan fingerprint density at radius 3 is 3.04 bits per heavy atom. The largest absolute Gasteiger partial charge is 0.321 e. The molecule has 4 rings (SSSR count). The summed E-state index contributed by atoms with van der Waals surface area (Å²) in [5.74, 6) is 0.721. The van der Waals surface area contributed by atoms with Gasteiger partial charge >= 0.3 is 0 Å². The van der Waals surface area contributed by atoms with Crippen LogP contribution in [0.5, 0.6) is 0 Å². The van der Waals surface area contributed by atoms with Crippen LogP contribution in [-0.4, -0.2) is 17.1 Å². The van der Waals surface area contributed by atoms with Crippen LogP contribution in [-0.2, 0) is 12.8 Å². The van der Waals surface area contributed by atoms with E-state index in [1.165, 1.54) is 16.9 Å². The molecule has 2 heterocycles. The third-order valence-electron chi connectivity index (χ3n) is 4.35. The van der Waals surface area contributed by atoms with E-state index < -0.39 is 0 Å². The molecule has 1 amide bonds. The molecule has 3 aromatic rings. The molecule has 1 aliphatic rings. The average molecular weight is 375 g/mol. The summed E-state index contributed by atoms with van der Waals surface area (Å²) in [5.41, 5.74) is 3.19. The molecular weight excluding hydrogens is 356 g/mol. The number of thiophene rings is 1. The van der Waals surface area contributed by atoms with Crippen molar-refractivity contribution in [2.75, 3.05) is 11.6 Å². The molecule has 0 bridgehead atoms. The maximum absolute atomic E-state index is 12.6. The van der Waals surface area contributed by atoms with Gasteiger partial charge in [-0.15, -0.1) is 22.7 Å². The zero-order valence-electron chi connectivity index (χ0n) is 13.6. The highest BCUT2D eigenvalue weighted by atomic mass is 32.2. The number of nitrogens with one attached hydrogen (secondary N) is 1. The second-order valence-electron chi connectivity index (χ2n) is 6.23. The molecule has 1 N–H and O–H groups in total. The summed E-state index contributed by atoms with van der Waals surface area (Å²) < 4.78 is 2.16. The predicted octanol–water partition coefficient (Wildman–Crippen LogP) is 5.46. The van der Waals surface area contributed by atoms with Crippen molar-refractivity contribution in [3.8, 4) is 0 Å². The maximum atomic E-state index is 12.6. The Bertz CT molecular complexity index is 912. The van der Waals surface area contributed by atoms with Gasteiger partial charge < -0.3 is 5.32 Å². The lowest BCUT2D eigenvalue weighted by Gasteiger charge is -2.16. The third kappa shape index (κ3) is 3.10. The number of nitrogens with zero attached hydrogens (tertiary/aromatic N) is 1. The number of carbonyl (C=O) groups is 1. The van der Waals surface area contributed by atoms with Crippen LogP contribution in [0.4, 0.5) is 5.69 Å². The Balaban J connectivity index is 1.55. The van der Waals surface area contributed by atoms with Crippen molar-refractivity contribution in [2.45, 2.75) is 30.5 Å². The molecule has 0 aliphatic heterocycles. The van der Waals surface area contributed by atoms with E-state index in [0.29, 0.717) is 0 Å². The highest BCUT2D eigenvalue weighted by Crippen LogP contribution is 2.33. The molecule has 0 radical (unpaired) electrons. The summed E-state index contributed by atoms with van der Waals surface area (Å²) in [5, 5.41) is 3.04. The van der Waals surface area contributed by atoms with Gasteiger partial charge in [-0.3, -0.25) is 4.79 Å². The number of benzene rings is 1. The van der Waals surface area contributed by atoms with Crippen molar-refractivity contribution in [1.29, 1.82) is 0 Å². The molecule has 124 valence electrons. The van der Waals surface area contributed by atoms with Crippen molar-refractivity contribution in [1.82, 2.24) is 4.98 Å². The van der Waals surface area contributed by atoms with E-state index in [4.69, 9.17) is 0 Å². The monoisotopic (exact) mass is 374 g/mol. The number of aromatic nitrogens is 1. The first-order valence-electron chi connectivity index (χ1n) is 8.00. The number of thioether (sulfide) groups is 1. The Kier molecular flexibility index (Phi) is 4.37. The van der Waals surface area contributed by atoms with Crippen LogP contribution in [0.1, 0.15) is 33.5 Å². The fourth-order valence-corrected chi connectivity index (χ4v) is 5.71. The number of fused-ring (bicyclic) bond motifs is 2. The van der Waals surface area contributed by atoms with E-state index in [0.717, 1.165) is 43.9 Å². The van der Waals surface area contributed by atoms with Gasteiger partial charge in [-0.2, -0.15) is 0 Å². The van der Waals surface area contributed by atoms with Crippen LogP contribution in [0.2, 0.25) is 0 Å². The van der Waals surface area contributed by atoms with Crippen LogP contribution < -0.4 is 5.32 Å². The SMILES string of the molecule is CSc1nc2ccc(NC(=O)c3cc4c(s3)CCC(C)C4)cc2s1. The number of hydrogen-bond acceptors (Lipinski definition) is 5. The number of carbonyl (C=O) groups excluding carboxylic acids is 1. The summed E-state index contributed by atoms with van der Waals surface area (Å²) in [4.78, 5) is 19.3. The molecule has 1 aliphatic carbocycles. The van der Waals surface area contributed by atoms with Gasteiger partial charge in [-0.25, -0.2) is 4.98 Å². The lowest BCUT2D eigenvalue weighted by Crippen LogP contribution is -2.10. The molecule has 1 aromatic carbocycles. The minimum Gasteiger partial charge on any atom is -0.321 e. The highest BCUT2D eigenvalue weighted by Gasteiger charge is 2.20. The first-order valence-corrected chi connectivity index (χ1v) is 10.9. The lowest BCUT2D eigenvalue weighted by atomic mass is 9.90. The van der Waals surface area contributed by atoms with Crippen molar-refractivity contribution in [3.05, 3.63) is 39.6 Å². The number of anilines is 1. The number of amides is 1. The van der Waals surface area contributed by atoms with E-state index in [-0.39, 0.29) is 5.91 Å². The smallest absolute Gasteiger partial charge is 0.265 e. The molecule has 6 heteroatoms. The first kappa shape index (κ1) is 16.1. The van der Waals surface area contributed by atoms with Crippen molar-refractivity contribution in [2.24, 2.45) is 5.92 Å². The normalized spacial score (nSPS) is 17.0. The molecule has 0 saturated heterocycles. The molecule has 24 heavy (non-hydrogen) atoms. The molecular formula is C18H18N2OS3. The number of aryl methyl sites for hydroxylation is 1. The molecule has 1 unspecified atom stereocenters. The van der Waals surface area contributed by atoms with E-state index >= 15 is 0 Å². The molecule has 0 fully saturated rings. The highest BCUT2D eigenvalue weighted by molar-refractivity contribution is 8.00. The minimum atomic E-state index is -0.00370. The molecule has 1 atom stereocenters. The van der Waals surface area contributed by atoms with Gasteiger partial charge in [0.25, 0.3) is 5.91 Å². The fourth-order valence-electron chi connectivity index (χ4n) is 3.08. The lowest BCUT2D eigenvalue weighted by molar-refractivity contribution is 0.103. The summed E-state index contributed by atoms with van der Waals surface area (Å²) in [6.45, 7) is 2.29. The summed E-state index contributed by atoms with van der Waals surface area (Å²) in [6.07, 6.45) is 5.47. The van der Waals surface area contributed by atoms with E-state index in [9.17, 15) is 4.79 Å². The Hall–Kier alpha value is -1.37. The topological polar surface area (TPSA) is 42.0 Å². The standard InChI is InChI=1S/C18H18N2OS3/c1-10-3-6-14-11(7-10)8-16(23-14)17(21)19-12-4-5-13-15(9-12)24-18(20-13)22-2/h4-5,8-10H,3,6-7H2,1-2H3,(H,19,21). The van der Waals surface area contributed by atoms with Crippen molar-refractivity contribution < 1.29 is 4.79 Å². The van der Waals surface area contributed by atoms with E-state index in [1.54, 1.807) is 34.4 Å². The molecule has 2 aromatic heterocycles. The molecule has 0 saturated carbocycles. The zero-order valence-corrected chi connectivity index (χ0v) is 16.0. The summed E-state index contributed by atoms with van der Waals surface area (Å²) in [7, 11) is 0. The van der Waals surface area contributed by atoms with Crippen LogP contribution in [0, 0.1) is 5.92 Å². The van der Waals surface area contributed by atoms with Crippen molar-refractivity contribution in [3.63, 3.8) is 0 Å². The van der Waals surface area contributed by atoms with Gasteiger partial charge in [0.1, 0.15) is 0 Å². The quantitative estimate of drug-likeness (QED) is 0.619. The average Bonchev–Trinajstić information content (AvgIpc) is 3.17. The van der Waals surface area contributed by atoms with Gasteiger partial charge in [-0.05, 0) is 61.3 Å². The van der Waals surface area contributed by atoms with Crippen LogP contribution in [0.25, 0.3) is 10.2 Å². The Labute approximate surface area is 153 Å².